The van der Waals surface area contributed by atoms with Gasteiger partial charge in [0, 0.05) is 6.04 Å². The molecule has 2 heterocycles. The van der Waals surface area contributed by atoms with Crippen LogP contribution in [0.2, 0.25) is 0 Å². The van der Waals surface area contributed by atoms with Gasteiger partial charge < -0.3 is 24.8 Å². The lowest BCUT2D eigenvalue weighted by atomic mass is 9.86. The van der Waals surface area contributed by atoms with Gasteiger partial charge in [-0.15, -0.1) is 0 Å². The predicted molar refractivity (Wildman–Crippen MR) is 71.9 cm³/mol. The third-order valence-electron chi connectivity index (χ3n) is 3.77. The van der Waals surface area contributed by atoms with E-state index in [1.165, 1.54) is 7.11 Å². The van der Waals surface area contributed by atoms with E-state index in [0.29, 0.717) is 11.5 Å². The van der Waals surface area contributed by atoms with Gasteiger partial charge in [0.1, 0.15) is 5.92 Å². The lowest BCUT2D eigenvalue weighted by molar-refractivity contribution is -0.147. The molecule has 1 aromatic rings. The number of methoxy groups -OCH3 is 1. The fraction of sp³-hybridized carbons (Fsp3) is 0.429. The lowest BCUT2D eigenvalue weighted by Gasteiger charge is -2.36. The van der Waals surface area contributed by atoms with Crippen molar-refractivity contribution in [3.8, 4) is 11.5 Å². The van der Waals surface area contributed by atoms with Crippen molar-refractivity contribution in [2.24, 2.45) is 5.92 Å². The van der Waals surface area contributed by atoms with E-state index in [1.807, 2.05) is 6.07 Å². The molecule has 2 N–H and O–H groups in total. The Balaban J connectivity index is 1.96. The zero-order valence-corrected chi connectivity index (χ0v) is 11.7. The number of fused-ring (bicyclic) bond motifs is 1. The van der Waals surface area contributed by atoms with Crippen LogP contribution in [0.4, 0.5) is 4.79 Å². The van der Waals surface area contributed by atoms with Gasteiger partial charge in [-0.1, -0.05) is 6.07 Å². The van der Waals surface area contributed by atoms with Gasteiger partial charge in [-0.3, -0.25) is 4.79 Å². The standard InChI is InChI=1S/C14H16N2O5/c1-7-11(13(17)19-2)12(16-14(18)15-7)8-3-4-9-10(5-8)21-6-20-9/h3-5,7,11-12H,6H2,1-2H3,(H2,15,16,18). The maximum Gasteiger partial charge on any atom is 0.315 e. The van der Waals surface area contributed by atoms with Crippen LogP contribution in [0.15, 0.2) is 18.2 Å². The second-order valence-corrected chi connectivity index (χ2v) is 5.05. The summed E-state index contributed by atoms with van der Waals surface area (Å²) >= 11 is 0. The Bertz CT molecular complexity index is 589. The molecule has 2 aliphatic rings. The first-order chi connectivity index (χ1) is 10.1. The summed E-state index contributed by atoms with van der Waals surface area (Å²) in [5, 5.41) is 5.46. The number of amides is 2. The first-order valence-electron chi connectivity index (χ1n) is 6.64. The monoisotopic (exact) mass is 292 g/mol. The molecule has 3 rings (SSSR count). The summed E-state index contributed by atoms with van der Waals surface area (Å²) in [7, 11) is 1.34. The minimum absolute atomic E-state index is 0.175. The molecular formula is C14H16N2O5. The predicted octanol–water partition coefficient (Wildman–Crippen LogP) is 0.947. The van der Waals surface area contributed by atoms with Crippen molar-refractivity contribution in [2.45, 2.75) is 19.0 Å². The van der Waals surface area contributed by atoms with Crippen LogP contribution in [0.1, 0.15) is 18.5 Å². The average molecular weight is 292 g/mol. The molecule has 21 heavy (non-hydrogen) atoms. The van der Waals surface area contributed by atoms with Crippen molar-refractivity contribution in [3.63, 3.8) is 0 Å². The molecule has 0 aromatic heterocycles. The number of carbonyl (C=O) groups is 2. The SMILES string of the molecule is COC(=O)C1C(C)NC(=O)NC1c1ccc2c(c1)OCO2. The van der Waals surface area contributed by atoms with Gasteiger partial charge in [-0.2, -0.15) is 0 Å². The quantitative estimate of drug-likeness (QED) is 0.793. The first kappa shape index (κ1) is 13.5. The summed E-state index contributed by atoms with van der Waals surface area (Å²) in [4.78, 5) is 23.7. The van der Waals surface area contributed by atoms with Gasteiger partial charge in [-0.05, 0) is 24.6 Å². The molecule has 7 heteroatoms. The number of benzene rings is 1. The zero-order chi connectivity index (χ0) is 15.0. The molecule has 1 fully saturated rings. The first-order valence-corrected chi connectivity index (χ1v) is 6.64. The molecule has 0 radical (unpaired) electrons. The summed E-state index contributed by atoms with van der Waals surface area (Å²) in [5.41, 5.74) is 0.774. The smallest absolute Gasteiger partial charge is 0.315 e. The van der Waals surface area contributed by atoms with Crippen LogP contribution >= 0.6 is 0 Å². The van der Waals surface area contributed by atoms with Crippen LogP contribution in [-0.4, -0.2) is 31.9 Å². The summed E-state index contributed by atoms with van der Waals surface area (Å²) < 4.78 is 15.5. The van der Waals surface area contributed by atoms with Crippen molar-refractivity contribution >= 4 is 12.0 Å². The molecule has 1 aromatic carbocycles. The Labute approximate surface area is 121 Å². The number of hydrogen-bond donors (Lipinski definition) is 2. The number of esters is 1. The van der Waals surface area contributed by atoms with Crippen molar-refractivity contribution in [3.05, 3.63) is 23.8 Å². The van der Waals surface area contributed by atoms with Crippen LogP contribution in [0, 0.1) is 5.92 Å². The molecule has 1 saturated heterocycles. The van der Waals surface area contributed by atoms with Gasteiger partial charge >= 0.3 is 12.0 Å². The topological polar surface area (TPSA) is 85.9 Å². The van der Waals surface area contributed by atoms with E-state index in [2.05, 4.69) is 10.6 Å². The van der Waals surface area contributed by atoms with E-state index in [-0.39, 0.29) is 24.8 Å². The van der Waals surface area contributed by atoms with Crippen molar-refractivity contribution in [1.29, 1.82) is 0 Å². The summed E-state index contributed by atoms with van der Waals surface area (Å²) in [6.45, 7) is 1.95. The van der Waals surface area contributed by atoms with Crippen LogP contribution in [-0.2, 0) is 9.53 Å². The third-order valence-corrected chi connectivity index (χ3v) is 3.77. The molecule has 2 amide bonds. The maximum absolute atomic E-state index is 12.0. The lowest BCUT2D eigenvalue weighted by Crippen LogP contribution is -2.57. The molecule has 0 bridgehead atoms. The molecular weight excluding hydrogens is 276 g/mol. The molecule has 0 spiro atoms. The Hall–Kier alpha value is -2.44. The highest BCUT2D eigenvalue weighted by molar-refractivity contribution is 5.82. The molecule has 3 atom stereocenters. The van der Waals surface area contributed by atoms with E-state index in [9.17, 15) is 9.59 Å². The van der Waals surface area contributed by atoms with Crippen molar-refractivity contribution in [2.75, 3.05) is 13.9 Å². The van der Waals surface area contributed by atoms with E-state index in [0.717, 1.165) is 5.56 Å². The van der Waals surface area contributed by atoms with Gasteiger partial charge in [0.25, 0.3) is 0 Å². The largest absolute Gasteiger partial charge is 0.469 e. The van der Waals surface area contributed by atoms with Crippen LogP contribution in [0.3, 0.4) is 0 Å². The number of urea groups is 1. The van der Waals surface area contributed by atoms with Gasteiger partial charge in [0.15, 0.2) is 11.5 Å². The maximum atomic E-state index is 12.0. The van der Waals surface area contributed by atoms with Crippen molar-refractivity contribution in [1.82, 2.24) is 10.6 Å². The average Bonchev–Trinajstić information content (AvgIpc) is 2.93. The number of hydrogen-bond acceptors (Lipinski definition) is 5. The fourth-order valence-electron chi connectivity index (χ4n) is 2.73. The van der Waals surface area contributed by atoms with E-state index in [4.69, 9.17) is 14.2 Å². The molecule has 0 aliphatic carbocycles. The number of rotatable bonds is 2. The highest BCUT2D eigenvalue weighted by Gasteiger charge is 2.41. The Morgan fingerprint density at radius 2 is 2.05 bits per heavy atom. The van der Waals surface area contributed by atoms with Crippen molar-refractivity contribution < 1.29 is 23.8 Å². The number of carbonyl (C=O) groups excluding carboxylic acids is 2. The van der Waals surface area contributed by atoms with Gasteiger partial charge in [-0.25, -0.2) is 4.79 Å². The third kappa shape index (κ3) is 2.35. The van der Waals surface area contributed by atoms with E-state index < -0.39 is 12.0 Å². The Morgan fingerprint density at radius 3 is 2.81 bits per heavy atom. The molecule has 112 valence electrons. The van der Waals surface area contributed by atoms with Crippen LogP contribution in [0.25, 0.3) is 0 Å². The summed E-state index contributed by atoms with van der Waals surface area (Å²) in [6, 6.07) is 4.24. The highest BCUT2D eigenvalue weighted by Crippen LogP contribution is 2.37. The molecule has 0 saturated carbocycles. The number of ether oxygens (including phenoxy) is 3. The van der Waals surface area contributed by atoms with Gasteiger partial charge in [0.05, 0.1) is 13.2 Å². The highest BCUT2D eigenvalue weighted by atomic mass is 16.7. The molecule has 7 nitrogen and oxygen atoms in total. The van der Waals surface area contributed by atoms with Crippen LogP contribution < -0.4 is 20.1 Å². The second kappa shape index (κ2) is 5.16. The Kier molecular flexibility index (Phi) is 3.32. The van der Waals surface area contributed by atoms with Crippen LogP contribution in [0.5, 0.6) is 11.5 Å². The van der Waals surface area contributed by atoms with E-state index >= 15 is 0 Å². The van der Waals surface area contributed by atoms with Gasteiger partial charge in [0.2, 0.25) is 6.79 Å². The minimum atomic E-state index is -0.520. The second-order valence-electron chi connectivity index (χ2n) is 5.05. The summed E-state index contributed by atoms with van der Waals surface area (Å²) in [5.74, 6) is 0.365. The fourth-order valence-corrected chi connectivity index (χ4v) is 2.73. The molecule has 2 aliphatic heterocycles. The summed E-state index contributed by atoms with van der Waals surface area (Å²) in [6.07, 6.45) is 0. The Morgan fingerprint density at radius 1 is 1.29 bits per heavy atom. The van der Waals surface area contributed by atoms with E-state index in [1.54, 1.807) is 19.1 Å². The number of nitrogens with one attached hydrogen (secondary N) is 2. The minimum Gasteiger partial charge on any atom is -0.469 e. The zero-order valence-electron chi connectivity index (χ0n) is 11.7. The normalized spacial score (nSPS) is 26.8. The molecule has 3 unspecified atom stereocenters.